The van der Waals surface area contributed by atoms with Crippen molar-refractivity contribution in [3.8, 4) is 0 Å². The Balaban J connectivity index is 1.58. The van der Waals surface area contributed by atoms with Crippen LogP contribution in [0.2, 0.25) is 0 Å². The molecule has 3 heterocycles. The number of likely N-dealkylation sites (tertiary alicyclic amines) is 1. The van der Waals surface area contributed by atoms with Crippen molar-refractivity contribution in [2.45, 2.75) is 25.2 Å². The second-order valence-electron chi connectivity index (χ2n) is 5.56. The van der Waals surface area contributed by atoms with Gasteiger partial charge in [-0.1, -0.05) is 0 Å². The van der Waals surface area contributed by atoms with Crippen LogP contribution in [0.15, 0.2) is 11.6 Å². The van der Waals surface area contributed by atoms with E-state index < -0.39 is 0 Å². The first kappa shape index (κ1) is 14.3. The molecular formula is C14H20N4O2S. The Hall–Kier alpha value is -1.63. The summed E-state index contributed by atoms with van der Waals surface area (Å²) in [5.74, 6) is 0.395. The first-order valence-electron chi connectivity index (χ1n) is 7.44. The van der Waals surface area contributed by atoms with E-state index in [4.69, 9.17) is 0 Å². The van der Waals surface area contributed by atoms with Gasteiger partial charge in [0.1, 0.15) is 6.54 Å². The van der Waals surface area contributed by atoms with Crippen LogP contribution in [0.5, 0.6) is 0 Å². The fourth-order valence-corrected chi connectivity index (χ4v) is 3.70. The molecule has 6 nitrogen and oxygen atoms in total. The molecule has 1 aromatic heterocycles. The summed E-state index contributed by atoms with van der Waals surface area (Å²) in [5.41, 5.74) is 0. The van der Waals surface area contributed by atoms with Crippen molar-refractivity contribution in [2.24, 2.45) is 0 Å². The number of carbonyl (C=O) groups excluding carboxylic acids is 2. The molecule has 0 aliphatic carbocycles. The monoisotopic (exact) mass is 308 g/mol. The summed E-state index contributed by atoms with van der Waals surface area (Å²) in [4.78, 5) is 32.0. The molecule has 21 heavy (non-hydrogen) atoms. The summed E-state index contributed by atoms with van der Waals surface area (Å²) < 4.78 is 0. The van der Waals surface area contributed by atoms with Crippen molar-refractivity contribution < 1.29 is 9.59 Å². The topological polar surface area (TPSA) is 65.5 Å². The third-order valence-electron chi connectivity index (χ3n) is 4.07. The number of carbonyl (C=O) groups is 2. The van der Waals surface area contributed by atoms with E-state index in [-0.39, 0.29) is 18.5 Å². The lowest BCUT2D eigenvalue weighted by atomic mass is 9.98. The Morgan fingerprint density at radius 2 is 2.33 bits per heavy atom. The lowest BCUT2D eigenvalue weighted by Crippen LogP contribution is -2.51. The fourth-order valence-electron chi connectivity index (χ4n) is 2.93. The van der Waals surface area contributed by atoms with Gasteiger partial charge < -0.3 is 15.1 Å². The quantitative estimate of drug-likeness (QED) is 0.914. The van der Waals surface area contributed by atoms with E-state index in [0.29, 0.717) is 19.0 Å². The van der Waals surface area contributed by atoms with Gasteiger partial charge in [0.15, 0.2) is 0 Å². The highest BCUT2D eigenvalue weighted by atomic mass is 32.1. The van der Waals surface area contributed by atoms with E-state index >= 15 is 0 Å². The van der Waals surface area contributed by atoms with Gasteiger partial charge in [0.25, 0.3) is 0 Å². The summed E-state index contributed by atoms with van der Waals surface area (Å²) in [7, 11) is 0. The molecule has 0 spiro atoms. The zero-order chi connectivity index (χ0) is 14.7. The number of aromatic nitrogens is 1. The van der Waals surface area contributed by atoms with Crippen LogP contribution in [0.3, 0.4) is 0 Å². The zero-order valence-electron chi connectivity index (χ0n) is 12.0. The Kier molecular flexibility index (Phi) is 4.38. The molecule has 1 aromatic rings. The average molecular weight is 308 g/mol. The van der Waals surface area contributed by atoms with Crippen molar-refractivity contribution in [1.29, 1.82) is 0 Å². The van der Waals surface area contributed by atoms with Crippen molar-refractivity contribution in [3.05, 3.63) is 16.6 Å². The summed E-state index contributed by atoms with van der Waals surface area (Å²) in [6.07, 6.45) is 4.81. The van der Waals surface area contributed by atoms with Crippen LogP contribution in [0.4, 0.5) is 4.79 Å². The largest absolute Gasteiger partial charge is 0.340 e. The number of piperidine rings is 1. The summed E-state index contributed by atoms with van der Waals surface area (Å²) >= 11 is 1.66. The van der Waals surface area contributed by atoms with E-state index in [2.05, 4.69) is 10.3 Å². The molecule has 2 fully saturated rings. The molecule has 3 rings (SSSR count). The number of nitrogens with one attached hydrogen (secondary N) is 1. The zero-order valence-corrected chi connectivity index (χ0v) is 12.8. The maximum absolute atomic E-state index is 12.4. The van der Waals surface area contributed by atoms with Gasteiger partial charge in [-0.15, -0.1) is 11.3 Å². The minimum absolute atomic E-state index is 0.0494. The molecular weight excluding hydrogens is 288 g/mol. The van der Waals surface area contributed by atoms with Crippen LogP contribution in [-0.2, 0) is 4.79 Å². The lowest BCUT2D eigenvalue weighted by Gasteiger charge is -2.34. The van der Waals surface area contributed by atoms with Crippen LogP contribution in [-0.4, -0.2) is 59.4 Å². The molecule has 2 aliphatic heterocycles. The van der Waals surface area contributed by atoms with E-state index in [1.165, 1.54) is 0 Å². The van der Waals surface area contributed by atoms with Gasteiger partial charge in [-0.25, -0.2) is 9.78 Å². The highest BCUT2D eigenvalue weighted by Crippen LogP contribution is 2.28. The van der Waals surface area contributed by atoms with Gasteiger partial charge >= 0.3 is 6.03 Å². The normalized spacial score (nSPS) is 23.0. The molecule has 1 atom stereocenters. The first-order valence-corrected chi connectivity index (χ1v) is 8.32. The molecule has 2 aliphatic rings. The SMILES string of the molecule is O=C(CN1CCCNC1=O)N1CCC[C@H](c2nccs2)C1. The maximum Gasteiger partial charge on any atom is 0.317 e. The molecule has 0 saturated carbocycles. The Morgan fingerprint density at radius 1 is 1.43 bits per heavy atom. The molecule has 114 valence electrons. The third-order valence-corrected chi connectivity index (χ3v) is 5.01. The number of amides is 3. The highest BCUT2D eigenvalue weighted by Gasteiger charge is 2.28. The Labute approximate surface area is 128 Å². The predicted octanol–water partition coefficient (Wildman–Crippen LogP) is 1.26. The molecule has 0 bridgehead atoms. The van der Waals surface area contributed by atoms with Crippen LogP contribution in [0.25, 0.3) is 0 Å². The third kappa shape index (κ3) is 3.34. The average Bonchev–Trinajstić information content (AvgIpc) is 3.04. The fraction of sp³-hybridized carbons (Fsp3) is 0.643. The van der Waals surface area contributed by atoms with E-state index in [1.807, 2.05) is 16.5 Å². The molecule has 1 N–H and O–H groups in total. The van der Waals surface area contributed by atoms with E-state index in [1.54, 1.807) is 16.2 Å². The first-order chi connectivity index (χ1) is 10.2. The van der Waals surface area contributed by atoms with Crippen molar-refractivity contribution in [2.75, 3.05) is 32.7 Å². The number of nitrogens with zero attached hydrogens (tertiary/aromatic N) is 3. The predicted molar refractivity (Wildman–Crippen MR) is 80.3 cm³/mol. The molecule has 2 saturated heterocycles. The second-order valence-corrected chi connectivity index (χ2v) is 6.48. The van der Waals surface area contributed by atoms with E-state index in [0.717, 1.165) is 37.4 Å². The minimum Gasteiger partial charge on any atom is -0.340 e. The minimum atomic E-state index is -0.122. The van der Waals surface area contributed by atoms with Gasteiger partial charge in [0.2, 0.25) is 5.91 Å². The summed E-state index contributed by atoms with van der Waals surface area (Å²) in [5, 5.41) is 5.87. The van der Waals surface area contributed by atoms with Gasteiger partial charge in [-0.2, -0.15) is 0 Å². The number of thiazole rings is 1. The van der Waals surface area contributed by atoms with Gasteiger partial charge in [-0.3, -0.25) is 4.79 Å². The van der Waals surface area contributed by atoms with Gasteiger partial charge in [-0.05, 0) is 19.3 Å². The second kappa shape index (κ2) is 6.43. The smallest absolute Gasteiger partial charge is 0.317 e. The number of hydrogen-bond donors (Lipinski definition) is 1. The van der Waals surface area contributed by atoms with Crippen molar-refractivity contribution >= 4 is 23.3 Å². The molecule has 3 amide bonds. The van der Waals surface area contributed by atoms with Crippen LogP contribution < -0.4 is 5.32 Å². The number of urea groups is 1. The van der Waals surface area contributed by atoms with Gasteiger partial charge in [0, 0.05) is 43.7 Å². The maximum atomic E-state index is 12.4. The Bertz CT molecular complexity index is 505. The molecule has 0 unspecified atom stereocenters. The van der Waals surface area contributed by atoms with Crippen molar-refractivity contribution in [3.63, 3.8) is 0 Å². The number of hydrogen-bond acceptors (Lipinski definition) is 4. The lowest BCUT2D eigenvalue weighted by molar-refractivity contribution is -0.133. The summed E-state index contributed by atoms with van der Waals surface area (Å²) in [6.45, 7) is 3.08. The van der Waals surface area contributed by atoms with Crippen molar-refractivity contribution in [1.82, 2.24) is 20.1 Å². The Morgan fingerprint density at radius 3 is 3.10 bits per heavy atom. The molecule has 0 aromatic carbocycles. The molecule has 0 radical (unpaired) electrons. The van der Waals surface area contributed by atoms with Crippen LogP contribution >= 0.6 is 11.3 Å². The number of rotatable bonds is 3. The molecule has 7 heteroatoms. The van der Waals surface area contributed by atoms with Crippen LogP contribution in [0.1, 0.15) is 30.2 Å². The summed E-state index contributed by atoms with van der Waals surface area (Å²) in [6, 6.07) is -0.122. The van der Waals surface area contributed by atoms with E-state index in [9.17, 15) is 9.59 Å². The van der Waals surface area contributed by atoms with Gasteiger partial charge in [0.05, 0.1) is 5.01 Å². The highest BCUT2D eigenvalue weighted by molar-refractivity contribution is 7.09. The standard InChI is InChI=1S/C14H20N4O2S/c19-12(10-18-7-2-4-16-14(18)20)17-6-1-3-11(9-17)13-15-5-8-21-13/h5,8,11H,1-4,6-7,9-10H2,(H,16,20)/t11-/m0/s1. The van der Waals surface area contributed by atoms with Crippen LogP contribution in [0, 0.1) is 0 Å².